The van der Waals surface area contributed by atoms with Crippen molar-refractivity contribution in [3.05, 3.63) is 146 Å². The molecule has 0 fully saturated rings. The van der Waals surface area contributed by atoms with Crippen molar-refractivity contribution in [3.63, 3.8) is 0 Å². The third kappa shape index (κ3) is 3.53. The molecule has 0 amide bonds. The summed E-state index contributed by atoms with van der Waals surface area (Å²) in [4.78, 5) is 13.1. The zero-order chi connectivity index (χ0) is 29.5. The lowest BCUT2D eigenvalue weighted by Gasteiger charge is -2.24. The van der Waals surface area contributed by atoms with E-state index in [1.54, 1.807) is 11.3 Å². The Hall–Kier alpha value is -5.78. The van der Waals surface area contributed by atoms with Gasteiger partial charge in [-0.05, 0) is 41.1 Å². The normalized spacial score (nSPS) is 12.4. The molecule has 0 N–H and O–H groups in total. The minimum Gasteiger partial charge on any atom is -0.295 e. The summed E-state index contributed by atoms with van der Waals surface area (Å²) in [6.45, 7) is 0. The van der Waals surface area contributed by atoms with Gasteiger partial charge in [0, 0.05) is 32.2 Å². The van der Waals surface area contributed by atoms with Crippen LogP contribution in [-0.4, -0.2) is 14.5 Å². The highest BCUT2D eigenvalue weighted by atomic mass is 32.1. The number of para-hydroxylation sites is 2. The van der Waals surface area contributed by atoms with Gasteiger partial charge in [0.25, 0.3) is 0 Å². The smallest absolute Gasteiger partial charge is 0.237 e. The molecule has 45 heavy (non-hydrogen) atoms. The van der Waals surface area contributed by atoms with Crippen LogP contribution >= 0.6 is 11.3 Å². The highest BCUT2D eigenvalue weighted by molar-refractivity contribution is 7.26. The van der Waals surface area contributed by atoms with E-state index >= 15 is 0 Å². The molecule has 0 saturated carbocycles. The Morgan fingerprint density at radius 2 is 1.22 bits per heavy atom. The molecule has 1 aliphatic heterocycles. The van der Waals surface area contributed by atoms with E-state index < -0.39 is 0 Å². The van der Waals surface area contributed by atoms with Crippen molar-refractivity contribution in [2.45, 2.75) is 0 Å². The number of anilines is 3. The molecule has 4 nitrogen and oxygen atoms in total. The summed E-state index contributed by atoms with van der Waals surface area (Å²) in [6.07, 6.45) is 0. The van der Waals surface area contributed by atoms with Crippen molar-refractivity contribution in [2.75, 3.05) is 4.90 Å². The second-order valence-corrected chi connectivity index (χ2v) is 12.5. The van der Waals surface area contributed by atoms with Crippen molar-refractivity contribution < 1.29 is 0 Å². The lowest BCUT2D eigenvalue weighted by Crippen LogP contribution is -2.16. The van der Waals surface area contributed by atoms with E-state index in [-0.39, 0.29) is 0 Å². The van der Waals surface area contributed by atoms with Gasteiger partial charge in [-0.2, -0.15) is 0 Å². The molecule has 210 valence electrons. The fraction of sp³-hybridized carbons (Fsp3) is 0. The predicted molar refractivity (Wildman–Crippen MR) is 188 cm³/mol. The van der Waals surface area contributed by atoms with Crippen LogP contribution in [0.15, 0.2) is 146 Å². The molecule has 6 aromatic carbocycles. The van der Waals surface area contributed by atoms with E-state index in [4.69, 9.17) is 9.97 Å². The molecule has 0 aliphatic carbocycles. The third-order valence-corrected chi connectivity index (χ3v) is 10.1. The van der Waals surface area contributed by atoms with Gasteiger partial charge in [0.2, 0.25) is 5.95 Å². The number of aromatic nitrogens is 3. The second-order valence-electron chi connectivity index (χ2n) is 11.4. The van der Waals surface area contributed by atoms with Crippen LogP contribution in [0.4, 0.5) is 17.5 Å². The van der Waals surface area contributed by atoms with Crippen molar-refractivity contribution in [1.82, 2.24) is 14.5 Å². The Balaban J connectivity index is 1.37. The monoisotopic (exact) mass is 592 g/mol. The lowest BCUT2D eigenvalue weighted by atomic mass is 10.0. The van der Waals surface area contributed by atoms with E-state index in [1.807, 2.05) is 0 Å². The maximum absolute atomic E-state index is 5.44. The molecule has 0 atom stereocenters. The highest BCUT2D eigenvalue weighted by Crippen LogP contribution is 2.50. The van der Waals surface area contributed by atoms with Gasteiger partial charge in [-0.15, -0.1) is 11.3 Å². The zero-order valence-electron chi connectivity index (χ0n) is 24.1. The molecular formula is C40H24N4S. The summed E-state index contributed by atoms with van der Waals surface area (Å²) in [7, 11) is 0. The molecule has 9 aromatic rings. The number of benzene rings is 6. The summed E-state index contributed by atoms with van der Waals surface area (Å²) in [5, 5.41) is 4.80. The number of hydrogen-bond acceptors (Lipinski definition) is 4. The lowest BCUT2D eigenvalue weighted by molar-refractivity contribution is 1.04. The average Bonchev–Trinajstić information content (AvgIpc) is 3.64. The molecule has 0 saturated heterocycles. The number of thiophene rings is 1. The number of hydrogen-bond donors (Lipinski definition) is 0. The van der Waals surface area contributed by atoms with Gasteiger partial charge in [-0.3, -0.25) is 9.47 Å². The van der Waals surface area contributed by atoms with Crippen LogP contribution in [0.5, 0.6) is 0 Å². The quantitative estimate of drug-likeness (QED) is 0.200. The van der Waals surface area contributed by atoms with E-state index in [1.165, 1.54) is 26.4 Å². The third-order valence-electron chi connectivity index (χ3n) is 8.96. The van der Waals surface area contributed by atoms with Gasteiger partial charge in [-0.1, -0.05) is 115 Å². The van der Waals surface area contributed by atoms with E-state index in [2.05, 4.69) is 155 Å². The van der Waals surface area contributed by atoms with Gasteiger partial charge >= 0.3 is 0 Å². The zero-order valence-corrected chi connectivity index (χ0v) is 24.9. The first-order valence-corrected chi connectivity index (χ1v) is 15.9. The first kappa shape index (κ1) is 24.6. The Kier molecular flexibility index (Phi) is 5.12. The summed E-state index contributed by atoms with van der Waals surface area (Å²) in [6, 6.07) is 51.8. The van der Waals surface area contributed by atoms with E-state index in [0.29, 0.717) is 5.95 Å². The second kappa shape index (κ2) is 9.36. The van der Waals surface area contributed by atoms with Crippen LogP contribution < -0.4 is 4.90 Å². The molecule has 0 radical (unpaired) electrons. The summed E-state index contributed by atoms with van der Waals surface area (Å²) < 4.78 is 4.70. The first-order chi connectivity index (χ1) is 22.3. The Labute approximate surface area is 263 Å². The van der Waals surface area contributed by atoms with Crippen LogP contribution in [-0.2, 0) is 0 Å². The number of rotatable bonds is 2. The fourth-order valence-electron chi connectivity index (χ4n) is 6.96. The maximum Gasteiger partial charge on any atom is 0.237 e. The predicted octanol–water partition coefficient (Wildman–Crippen LogP) is 11.1. The summed E-state index contributed by atoms with van der Waals surface area (Å²) >= 11 is 1.76. The maximum atomic E-state index is 5.44. The summed E-state index contributed by atoms with van der Waals surface area (Å²) in [5.41, 5.74) is 8.66. The molecule has 4 heterocycles. The van der Waals surface area contributed by atoms with E-state index in [0.717, 1.165) is 55.1 Å². The van der Waals surface area contributed by atoms with Gasteiger partial charge in [0.1, 0.15) is 5.82 Å². The number of nitrogens with zero attached hydrogens (tertiary/aromatic N) is 4. The topological polar surface area (TPSA) is 34.0 Å². The molecule has 3 aromatic heterocycles. The molecule has 0 unspecified atom stereocenters. The number of fused-ring (bicyclic) bond motifs is 12. The Morgan fingerprint density at radius 1 is 0.533 bits per heavy atom. The standard InChI is InChI=1S/C40H24N4S/c1-2-13-26(14-3-1)37-39-38(30-18-8-11-21-35(30)45-39)42-40(41-37)44-33-20-10-7-17-29(33)28-16-6-9-19-32(28)43-34-23-22-25-12-4-5-15-27(25)31(34)24-36(43)44/h1-24H. The molecule has 0 spiro atoms. The van der Waals surface area contributed by atoms with Crippen molar-refractivity contribution >= 4 is 70.8 Å². The van der Waals surface area contributed by atoms with E-state index in [9.17, 15) is 0 Å². The van der Waals surface area contributed by atoms with Gasteiger partial charge in [0.05, 0.1) is 32.8 Å². The molecule has 10 rings (SSSR count). The first-order valence-electron chi connectivity index (χ1n) is 15.1. The molecule has 1 aliphatic rings. The van der Waals surface area contributed by atoms with Crippen molar-refractivity contribution in [3.8, 4) is 28.1 Å². The van der Waals surface area contributed by atoms with Crippen molar-refractivity contribution in [2.24, 2.45) is 0 Å². The average molecular weight is 593 g/mol. The van der Waals surface area contributed by atoms with Crippen molar-refractivity contribution in [1.29, 1.82) is 0 Å². The molecular weight excluding hydrogens is 569 g/mol. The van der Waals surface area contributed by atoms with Gasteiger partial charge in [0.15, 0.2) is 0 Å². The molecule has 0 bridgehead atoms. The highest BCUT2D eigenvalue weighted by Gasteiger charge is 2.30. The largest absolute Gasteiger partial charge is 0.295 e. The summed E-state index contributed by atoms with van der Waals surface area (Å²) in [5.74, 6) is 1.66. The van der Waals surface area contributed by atoms with Crippen LogP contribution in [0.1, 0.15) is 0 Å². The van der Waals surface area contributed by atoms with Crippen LogP contribution in [0.2, 0.25) is 0 Å². The SMILES string of the molecule is c1ccc(-c2nc(N3c4ccccc4-c4ccccc4-n4c3cc3c5ccccc5ccc34)nc3c2sc2ccccc23)cc1. The van der Waals surface area contributed by atoms with Gasteiger partial charge in [-0.25, -0.2) is 9.97 Å². The Bertz CT molecular complexity index is 2610. The Morgan fingerprint density at radius 3 is 2.09 bits per heavy atom. The van der Waals surface area contributed by atoms with Crippen LogP contribution in [0.3, 0.4) is 0 Å². The minimum absolute atomic E-state index is 0.651. The fourth-order valence-corrected chi connectivity index (χ4v) is 8.12. The van der Waals surface area contributed by atoms with Gasteiger partial charge < -0.3 is 0 Å². The minimum atomic E-state index is 0.651. The van der Waals surface area contributed by atoms with Crippen LogP contribution in [0, 0.1) is 0 Å². The molecule has 5 heteroatoms. The van der Waals surface area contributed by atoms with Crippen LogP contribution in [0.25, 0.3) is 70.0 Å².